The standard InChI is InChI=1S/C13H22N4O4S/c1-8-12(10(3)21-16-8)22(19,20)17-9(2)13(18)15-11-5-4-6-14-7-11/h9,11,14,17H,4-7H2,1-3H3,(H,15,18)/t9?,11-/m0/s1. The van der Waals surface area contributed by atoms with Gasteiger partial charge in [-0.15, -0.1) is 0 Å². The number of carbonyl (C=O) groups is 1. The molecule has 2 atom stereocenters. The van der Waals surface area contributed by atoms with E-state index in [0.29, 0.717) is 6.54 Å². The maximum absolute atomic E-state index is 12.3. The zero-order valence-electron chi connectivity index (χ0n) is 13.0. The van der Waals surface area contributed by atoms with E-state index in [2.05, 4.69) is 20.5 Å². The van der Waals surface area contributed by atoms with Gasteiger partial charge in [0.25, 0.3) is 0 Å². The van der Waals surface area contributed by atoms with Crippen molar-refractivity contribution in [2.75, 3.05) is 13.1 Å². The number of nitrogens with one attached hydrogen (secondary N) is 3. The van der Waals surface area contributed by atoms with Crippen molar-refractivity contribution in [2.45, 2.75) is 50.6 Å². The third kappa shape index (κ3) is 3.84. The van der Waals surface area contributed by atoms with Gasteiger partial charge in [0.05, 0.1) is 6.04 Å². The summed E-state index contributed by atoms with van der Waals surface area (Å²) in [6.45, 7) is 6.23. The van der Waals surface area contributed by atoms with Crippen molar-refractivity contribution in [1.82, 2.24) is 20.5 Å². The van der Waals surface area contributed by atoms with E-state index in [1.807, 2.05) is 0 Å². The summed E-state index contributed by atoms with van der Waals surface area (Å²) in [5.74, 6) is -0.141. The van der Waals surface area contributed by atoms with Crippen molar-refractivity contribution in [3.8, 4) is 0 Å². The van der Waals surface area contributed by atoms with E-state index in [1.54, 1.807) is 6.92 Å². The van der Waals surface area contributed by atoms with Gasteiger partial charge >= 0.3 is 0 Å². The summed E-state index contributed by atoms with van der Waals surface area (Å²) < 4.78 is 31.9. The average Bonchev–Trinajstić information content (AvgIpc) is 2.79. The molecule has 8 nitrogen and oxygen atoms in total. The third-order valence-electron chi connectivity index (χ3n) is 3.61. The Morgan fingerprint density at radius 1 is 1.45 bits per heavy atom. The van der Waals surface area contributed by atoms with Gasteiger partial charge in [0, 0.05) is 12.6 Å². The smallest absolute Gasteiger partial charge is 0.246 e. The molecule has 1 aromatic heterocycles. The summed E-state index contributed by atoms with van der Waals surface area (Å²) in [6, 6.07) is -0.840. The second kappa shape index (κ2) is 6.76. The fourth-order valence-electron chi connectivity index (χ4n) is 2.50. The molecule has 0 aliphatic carbocycles. The molecule has 1 saturated heterocycles. The van der Waals surface area contributed by atoms with E-state index in [-0.39, 0.29) is 28.3 Å². The molecule has 0 bridgehead atoms. The predicted molar refractivity (Wildman–Crippen MR) is 79.8 cm³/mol. The van der Waals surface area contributed by atoms with Crippen LogP contribution in [0.1, 0.15) is 31.2 Å². The quantitative estimate of drug-likeness (QED) is 0.690. The molecule has 1 amide bonds. The van der Waals surface area contributed by atoms with E-state index in [1.165, 1.54) is 13.8 Å². The predicted octanol–water partition coefficient (Wildman–Crippen LogP) is -0.174. The number of aromatic nitrogens is 1. The first-order valence-corrected chi connectivity index (χ1v) is 8.76. The summed E-state index contributed by atoms with van der Waals surface area (Å²) >= 11 is 0. The molecular formula is C13H22N4O4S. The first kappa shape index (κ1) is 16.9. The number of piperidine rings is 1. The molecular weight excluding hydrogens is 308 g/mol. The van der Waals surface area contributed by atoms with Crippen molar-refractivity contribution in [1.29, 1.82) is 0 Å². The third-order valence-corrected chi connectivity index (χ3v) is 5.39. The van der Waals surface area contributed by atoms with Crippen LogP contribution in [0.4, 0.5) is 0 Å². The van der Waals surface area contributed by atoms with Gasteiger partial charge in [-0.2, -0.15) is 4.72 Å². The lowest BCUT2D eigenvalue weighted by molar-refractivity contribution is -0.123. The number of sulfonamides is 1. The Bertz CT molecular complexity index is 615. The Kier molecular flexibility index (Phi) is 5.20. The molecule has 0 radical (unpaired) electrons. The maximum Gasteiger partial charge on any atom is 0.246 e. The minimum Gasteiger partial charge on any atom is -0.360 e. The molecule has 2 heterocycles. The van der Waals surface area contributed by atoms with Gasteiger partial charge < -0.3 is 15.2 Å². The van der Waals surface area contributed by atoms with Crippen LogP contribution in [-0.4, -0.2) is 44.7 Å². The van der Waals surface area contributed by atoms with Crippen LogP contribution in [0.5, 0.6) is 0 Å². The van der Waals surface area contributed by atoms with E-state index in [9.17, 15) is 13.2 Å². The number of aryl methyl sites for hydroxylation is 2. The Hall–Kier alpha value is -1.45. The fraction of sp³-hybridized carbons (Fsp3) is 0.692. The molecule has 1 aliphatic rings. The second-order valence-corrected chi connectivity index (χ2v) is 7.20. The van der Waals surface area contributed by atoms with Crippen LogP contribution in [0.2, 0.25) is 0 Å². The number of hydrogen-bond acceptors (Lipinski definition) is 6. The van der Waals surface area contributed by atoms with E-state index in [4.69, 9.17) is 4.52 Å². The van der Waals surface area contributed by atoms with Crippen LogP contribution < -0.4 is 15.4 Å². The van der Waals surface area contributed by atoms with Gasteiger partial charge in [-0.25, -0.2) is 8.42 Å². The molecule has 0 spiro atoms. The van der Waals surface area contributed by atoms with Gasteiger partial charge in [-0.05, 0) is 40.2 Å². The van der Waals surface area contributed by atoms with Crippen LogP contribution in [0.25, 0.3) is 0 Å². The van der Waals surface area contributed by atoms with Crippen LogP contribution >= 0.6 is 0 Å². The van der Waals surface area contributed by atoms with Crippen LogP contribution in [0, 0.1) is 13.8 Å². The first-order chi connectivity index (χ1) is 10.3. The van der Waals surface area contributed by atoms with Crippen molar-refractivity contribution in [2.24, 2.45) is 0 Å². The molecule has 1 aromatic rings. The first-order valence-electron chi connectivity index (χ1n) is 7.27. The molecule has 22 heavy (non-hydrogen) atoms. The molecule has 1 fully saturated rings. The molecule has 2 rings (SSSR count). The van der Waals surface area contributed by atoms with E-state index >= 15 is 0 Å². The van der Waals surface area contributed by atoms with E-state index < -0.39 is 16.1 Å². The number of hydrogen-bond donors (Lipinski definition) is 3. The molecule has 0 aromatic carbocycles. The van der Waals surface area contributed by atoms with Crippen LogP contribution in [0.3, 0.4) is 0 Å². The monoisotopic (exact) mass is 330 g/mol. The summed E-state index contributed by atoms with van der Waals surface area (Å²) in [4.78, 5) is 12.1. The van der Waals surface area contributed by atoms with E-state index in [0.717, 1.165) is 19.4 Å². The minimum absolute atomic E-state index is 0.00789. The largest absolute Gasteiger partial charge is 0.360 e. The normalized spacial score (nSPS) is 20.6. The lowest BCUT2D eigenvalue weighted by atomic mass is 10.1. The number of nitrogens with zero attached hydrogens (tertiary/aromatic N) is 1. The SMILES string of the molecule is Cc1noc(C)c1S(=O)(=O)NC(C)C(=O)N[C@H]1CCCNC1. The summed E-state index contributed by atoms with van der Waals surface area (Å²) in [6.07, 6.45) is 1.88. The molecule has 124 valence electrons. The highest BCUT2D eigenvalue weighted by molar-refractivity contribution is 7.89. The Morgan fingerprint density at radius 2 is 2.18 bits per heavy atom. The van der Waals surface area contributed by atoms with Crippen LogP contribution in [-0.2, 0) is 14.8 Å². The highest BCUT2D eigenvalue weighted by atomic mass is 32.2. The molecule has 9 heteroatoms. The Morgan fingerprint density at radius 3 is 2.73 bits per heavy atom. The fourth-order valence-corrected chi connectivity index (χ4v) is 4.04. The number of carbonyl (C=O) groups excluding carboxylic acids is 1. The Balaban J connectivity index is 2.01. The zero-order valence-corrected chi connectivity index (χ0v) is 13.8. The average molecular weight is 330 g/mol. The topological polar surface area (TPSA) is 113 Å². The number of rotatable bonds is 5. The second-order valence-electron chi connectivity index (χ2n) is 5.55. The van der Waals surface area contributed by atoms with Crippen LogP contribution in [0.15, 0.2) is 9.42 Å². The lowest BCUT2D eigenvalue weighted by Gasteiger charge is -2.25. The van der Waals surface area contributed by atoms with Gasteiger partial charge in [0.15, 0.2) is 5.76 Å². The molecule has 3 N–H and O–H groups in total. The Labute approximate surface area is 130 Å². The summed E-state index contributed by atoms with van der Waals surface area (Å²) in [7, 11) is -3.85. The van der Waals surface area contributed by atoms with Gasteiger partial charge in [0.2, 0.25) is 15.9 Å². The highest BCUT2D eigenvalue weighted by Gasteiger charge is 2.29. The summed E-state index contributed by atoms with van der Waals surface area (Å²) in [5, 5.41) is 9.66. The zero-order chi connectivity index (χ0) is 16.3. The molecule has 1 unspecified atom stereocenters. The van der Waals surface area contributed by atoms with Crippen molar-refractivity contribution < 1.29 is 17.7 Å². The van der Waals surface area contributed by atoms with Gasteiger partial charge in [-0.1, -0.05) is 5.16 Å². The lowest BCUT2D eigenvalue weighted by Crippen LogP contribution is -2.52. The number of amides is 1. The minimum atomic E-state index is -3.85. The van der Waals surface area contributed by atoms with Crippen molar-refractivity contribution >= 4 is 15.9 Å². The van der Waals surface area contributed by atoms with Gasteiger partial charge in [-0.3, -0.25) is 4.79 Å². The molecule has 0 saturated carbocycles. The maximum atomic E-state index is 12.3. The van der Waals surface area contributed by atoms with Crippen molar-refractivity contribution in [3.63, 3.8) is 0 Å². The van der Waals surface area contributed by atoms with Crippen molar-refractivity contribution in [3.05, 3.63) is 11.5 Å². The molecule has 1 aliphatic heterocycles. The summed E-state index contributed by atoms with van der Waals surface area (Å²) in [5.41, 5.74) is 0.272. The highest BCUT2D eigenvalue weighted by Crippen LogP contribution is 2.18. The van der Waals surface area contributed by atoms with Gasteiger partial charge in [0.1, 0.15) is 10.6 Å².